The molecule has 6 heteroatoms. The van der Waals surface area contributed by atoms with Crippen LogP contribution >= 0.6 is 0 Å². The van der Waals surface area contributed by atoms with E-state index in [-0.39, 0.29) is 6.09 Å². The maximum Gasteiger partial charge on any atom is 0.414 e. The summed E-state index contributed by atoms with van der Waals surface area (Å²) < 4.78 is 4.95. The number of carbonyl (C=O) groups excluding carboxylic acids is 1. The summed E-state index contributed by atoms with van der Waals surface area (Å²) in [5.74, 6) is 0.861. The van der Waals surface area contributed by atoms with Gasteiger partial charge >= 0.3 is 6.09 Å². The molecule has 1 aliphatic rings. The summed E-state index contributed by atoms with van der Waals surface area (Å²) in [7, 11) is 0. The number of ether oxygens (including phenoxy) is 1. The summed E-state index contributed by atoms with van der Waals surface area (Å²) in [5.41, 5.74) is 3.90. The first-order valence-electron chi connectivity index (χ1n) is 8.17. The Hall–Kier alpha value is -3.28. The Bertz CT molecular complexity index is 859. The first-order valence-corrected chi connectivity index (χ1v) is 8.17. The van der Waals surface area contributed by atoms with Crippen molar-refractivity contribution in [3.63, 3.8) is 0 Å². The standard InChI is InChI=1S/C19H18N4O2/c24-19-23(10-11-25-19)17-8-6-15(7-9-17)20-12-16-13-21-18(22-16)14-4-2-1-3-5-14/h1-9,13,20H,10-12H2,(H,21,22). The molecule has 25 heavy (non-hydrogen) atoms. The highest BCUT2D eigenvalue weighted by Gasteiger charge is 2.23. The SMILES string of the molecule is O=C1OCCN1c1ccc(NCc2cnc(-c3ccccc3)[nH]2)cc1. The number of cyclic esters (lactones) is 1. The van der Waals surface area contributed by atoms with E-state index in [1.54, 1.807) is 4.90 Å². The van der Waals surface area contributed by atoms with Gasteiger partial charge in [-0.1, -0.05) is 30.3 Å². The maximum atomic E-state index is 11.6. The van der Waals surface area contributed by atoms with Crippen LogP contribution in [0.2, 0.25) is 0 Å². The van der Waals surface area contributed by atoms with Crippen LogP contribution in [0.1, 0.15) is 5.69 Å². The molecule has 2 aromatic carbocycles. The van der Waals surface area contributed by atoms with Crippen LogP contribution < -0.4 is 10.2 Å². The van der Waals surface area contributed by atoms with Crippen molar-refractivity contribution in [1.82, 2.24) is 9.97 Å². The predicted octanol–water partition coefficient (Wildman–Crippen LogP) is 3.65. The fourth-order valence-corrected chi connectivity index (χ4v) is 2.78. The number of nitrogens with one attached hydrogen (secondary N) is 2. The summed E-state index contributed by atoms with van der Waals surface area (Å²) >= 11 is 0. The van der Waals surface area contributed by atoms with E-state index >= 15 is 0 Å². The molecule has 0 unspecified atom stereocenters. The predicted molar refractivity (Wildman–Crippen MR) is 96.5 cm³/mol. The van der Waals surface area contributed by atoms with E-state index in [0.717, 1.165) is 28.5 Å². The van der Waals surface area contributed by atoms with Gasteiger partial charge in [0, 0.05) is 16.9 Å². The molecule has 0 atom stereocenters. The van der Waals surface area contributed by atoms with Crippen molar-refractivity contribution in [3.05, 3.63) is 66.5 Å². The summed E-state index contributed by atoms with van der Waals surface area (Å²) in [6, 6.07) is 17.8. The zero-order chi connectivity index (χ0) is 17.1. The van der Waals surface area contributed by atoms with Crippen molar-refractivity contribution >= 4 is 17.5 Å². The molecule has 1 amide bonds. The van der Waals surface area contributed by atoms with Gasteiger partial charge in [-0.2, -0.15) is 0 Å². The Morgan fingerprint density at radius 1 is 1.12 bits per heavy atom. The third-order valence-electron chi connectivity index (χ3n) is 4.10. The first-order chi connectivity index (χ1) is 12.3. The molecule has 0 spiro atoms. The molecule has 1 aliphatic heterocycles. The highest BCUT2D eigenvalue weighted by atomic mass is 16.6. The number of nitrogens with zero attached hydrogens (tertiary/aromatic N) is 2. The summed E-state index contributed by atoms with van der Waals surface area (Å²) in [6.45, 7) is 1.69. The van der Waals surface area contributed by atoms with Crippen LogP contribution in [0.25, 0.3) is 11.4 Å². The van der Waals surface area contributed by atoms with E-state index in [1.807, 2.05) is 60.8 Å². The lowest BCUT2D eigenvalue weighted by Crippen LogP contribution is -2.23. The number of imidazole rings is 1. The van der Waals surface area contributed by atoms with E-state index < -0.39 is 0 Å². The van der Waals surface area contributed by atoms with Gasteiger partial charge in [0.05, 0.1) is 25.0 Å². The summed E-state index contributed by atoms with van der Waals surface area (Å²) in [6.07, 6.45) is 1.55. The second-order valence-electron chi connectivity index (χ2n) is 5.79. The van der Waals surface area contributed by atoms with Gasteiger partial charge in [-0.3, -0.25) is 4.90 Å². The zero-order valence-electron chi connectivity index (χ0n) is 13.6. The third kappa shape index (κ3) is 3.33. The summed E-state index contributed by atoms with van der Waals surface area (Å²) in [5, 5.41) is 3.35. The second-order valence-corrected chi connectivity index (χ2v) is 5.79. The number of H-pyrrole nitrogens is 1. The van der Waals surface area contributed by atoms with Gasteiger partial charge in [-0.25, -0.2) is 9.78 Å². The molecule has 2 N–H and O–H groups in total. The highest BCUT2D eigenvalue weighted by Crippen LogP contribution is 2.21. The molecule has 126 valence electrons. The molecule has 2 heterocycles. The average Bonchev–Trinajstić information content (AvgIpc) is 3.30. The Morgan fingerprint density at radius 3 is 2.64 bits per heavy atom. The molecule has 3 aromatic rings. The van der Waals surface area contributed by atoms with Crippen molar-refractivity contribution in [2.75, 3.05) is 23.4 Å². The number of carbonyl (C=O) groups is 1. The fraction of sp³-hybridized carbons (Fsp3) is 0.158. The lowest BCUT2D eigenvalue weighted by Gasteiger charge is -2.13. The molecule has 0 aliphatic carbocycles. The number of aromatic nitrogens is 2. The minimum atomic E-state index is -0.286. The molecule has 1 aromatic heterocycles. The van der Waals surface area contributed by atoms with Gasteiger partial charge in [-0.05, 0) is 24.3 Å². The van der Waals surface area contributed by atoms with Gasteiger partial charge in [0.2, 0.25) is 0 Å². The van der Waals surface area contributed by atoms with Crippen LogP contribution in [-0.2, 0) is 11.3 Å². The number of amides is 1. The minimum absolute atomic E-state index is 0.286. The molecule has 1 saturated heterocycles. The molecule has 6 nitrogen and oxygen atoms in total. The average molecular weight is 334 g/mol. The van der Waals surface area contributed by atoms with Gasteiger partial charge in [-0.15, -0.1) is 0 Å². The molecule has 0 radical (unpaired) electrons. The van der Waals surface area contributed by atoms with E-state index in [4.69, 9.17) is 4.74 Å². The largest absolute Gasteiger partial charge is 0.447 e. The molecular formula is C19H18N4O2. The van der Waals surface area contributed by atoms with Crippen molar-refractivity contribution < 1.29 is 9.53 Å². The van der Waals surface area contributed by atoms with Gasteiger partial charge in [0.15, 0.2) is 0 Å². The number of hydrogen-bond acceptors (Lipinski definition) is 4. The zero-order valence-corrected chi connectivity index (χ0v) is 13.6. The quantitative estimate of drug-likeness (QED) is 0.747. The van der Waals surface area contributed by atoms with Crippen molar-refractivity contribution in [2.24, 2.45) is 0 Å². The smallest absolute Gasteiger partial charge is 0.414 e. The van der Waals surface area contributed by atoms with E-state index in [0.29, 0.717) is 19.7 Å². The van der Waals surface area contributed by atoms with Crippen LogP contribution in [0.15, 0.2) is 60.8 Å². The maximum absolute atomic E-state index is 11.6. The van der Waals surface area contributed by atoms with Gasteiger partial charge in [0.25, 0.3) is 0 Å². The lowest BCUT2D eigenvalue weighted by atomic mass is 10.2. The molecular weight excluding hydrogens is 316 g/mol. The highest BCUT2D eigenvalue weighted by molar-refractivity contribution is 5.89. The topological polar surface area (TPSA) is 70.2 Å². The number of rotatable bonds is 5. The number of benzene rings is 2. The third-order valence-corrected chi connectivity index (χ3v) is 4.10. The molecule has 0 saturated carbocycles. The van der Waals surface area contributed by atoms with Crippen LogP contribution in [0.5, 0.6) is 0 Å². The van der Waals surface area contributed by atoms with Crippen LogP contribution in [0.3, 0.4) is 0 Å². The first kappa shape index (κ1) is 15.3. The second kappa shape index (κ2) is 6.68. The normalized spacial score (nSPS) is 13.8. The van der Waals surface area contributed by atoms with Crippen LogP contribution in [0, 0.1) is 0 Å². The van der Waals surface area contributed by atoms with Crippen LogP contribution in [0.4, 0.5) is 16.2 Å². The van der Waals surface area contributed by atoms with Crippen molar-refractivity contribution in [3.8, 4) is 11.4 Å². The lowest BCUT2D eigenvalue weighted by molar-refractivity contribution is 0.181. The molecule has 4 rings (SSSR count). The Morgan fingerprint density at radius 2 is 1.92 bits per heavy atom. The Balaban J connectivity index is 1.38. The number of hydrogen-bond donors (Lipinski definition) is 2. The van der Waals surface area contributed by atoms with Gasteiger partial charge in [0.1, 0.15) is 12.4 Å². The van der Waals surface area contributed by atoms with Crippen molar-refractivity contribution in [1.29, 1.82) is 0 Å². The number of anilines is 2. The fourth-order valence-electron chi connectivity index (χ4n) is 2.78. The Kier molecular flexibility index (Phi) is 4.08. The van der Waals surface area contributed by atoms with E-state index in [9.17, 15) is 4.79 Å². The van der Waals surface area contributed by atoms with E-state index in [2.05, 4.69) is 15.3 Å². The minimum Gasteiger partial charge on any atom is -0.447 e. The van der Waals surface area contributed by atoms with Crippen molar-refractivity contribution in [2.45, 2.75) is 6.54 Å². The molecule has 0 bridgehead atoms. The van der Waals surface area contributed by atoms with Gasteiger partial charge < -0.3 is 15.0 Å². The molecule has 1 fully saturated rings. The monoisotopic (exact) mass is 334 g/mol. The Labute approximate surface area is 145 Å². The summed E-state index contributed by atoms with van der Waals surface area (Å²) in [4.78, 5) is 20.9. The van der Waals surface area contributed by atoms with E-state index in [1.165, 1.54) is 0 Å². The van der Waals surface area contributed by atoms with Crippen LogP contribution in [-0.4, -0.2) is 29.2 Å². The number of aromatic amines is 1.